The predicted molar refractivity (Wildman–Crippen MR) is 48.9 cm³/mol. The standard InChI is InChI=1S/C11H18O/c12-11-8-4-6-9-5-2-1-3-7-10(9)11/h9-10H,1-8H2. The zero-order valence-corrected chi connectivity index (χ0v) is 7.72. The highest BCUT2D eigenvalue weighted by Gasteiger charge is 2.31. The quantitative estimate of drug-likeness (QED) is 0.540. The minimum Gasteiger partial charge on any atom is -0.299 e. The first kappa shape index (κ1) is 8.28. The van der Waals surface area contributed by atoms with Crippen molar-refractivity contribution in [2.45, 2.75) is 51.4 Å². The molecule has 2 saturated carbocycles. The fourth-order valence-electron chi connectivity index (χ4n) is 2.88. The lowest BCUT2D eigenvalue weighted by atomic mass is 9.76. The first-order valence-electron chi connectivity index (χ1n) is 5.40. The second kappa shape index (κ2) is 3.59. The van der Waals surface area contributed by atoms with Gasteiger partial charge in [0.15, 0.2) is 0 Å². The third-order valence-electron chi connectivity index (χ3n) is 3.57. The average Bonchev–Trinajstić information content (AvgIpc) is 2.30. The van der Waals surface area contributed by atoms with Crippen LogP contribution in [0.4, 0.5) is 0 Å². The van der Waals surface area contributed by atoms with Crippen LogP contribution in [0.3, 0.4) is 0 Å². The number of carbonyl (C=O) groups excluding carboxylic acids is 1. The van der Waals surface area contributed by atoms with Crippen LogP contribution in [0.1, 0.15) is 51.4 Å². The van der Waals surface area contributed by atoms with Gasteiger partial charge in [0, 0.05) is 12.3 Å². The van der Waals surface area contributed by atoms with Crippen molar-refractivity contribution >= 4 is 5.78 Å². The molecule has 12 heavy (non-hydrogen) atoms. The molecule has 0 aromatic carbocycles. The third kappa shape index (κ3) is 1.55. The summed E-state index contributed by atoms with van der Waals surface area (Å²) in [5.74, 6) is 1.82. The van der Waals surface area contributed by atoms with Crippen molar-refractivity contribution in [2.24, 2.45) is 11.8 Å². The normalized spacial score (nSPS) is 37.2. The molecule has 0 amide bonds. The zero-order valence-electron chi connectivity index (χ0n) is 7.72. The number of hydrogen-bond acceptors (Lipinski definition) is 1. The first-order chi connectivity index (χ1) is 5.88. The van der Waals surface area contributed by atoms with E-state index >= 15 is 0 Å². The molecule has 2 rings (SSSR count). The lowest BCUT2D eigenvalue weighted by molar-refractivity contribution is -0.126. The Morgan fingerprint density at radius 1 is 0.917 bits per heavy atom. The van der Waals surface area contributed by atoms with Crippen LogP contribution in [0.2, 0.25) is 0 Å². The zero-order chi connectivity index (χ0) is 8.39. The highest BCUT2D eigenvalue weighted by molar-refractivity contribution is 5.82. The molecule has 2 atom stereocenters. The van der Waals surface area contributed by atoms with Crippen LogP contribution >= 0.6 is 0 Å². The van der Waals surface area contributed by atoms with E-state index in [0.717, 1.165) is 12.3 Å². The average molecular weight is 166 g/mol. The summed E-state index contributed by atoms with van der Waals surface area (Å²) in [7, 11) is 0. The predicted octanol–water partition coefficient (Wildman–Crippen LogP) is 2.94. The van der Waals surface area contributed by atoms with Gasteiger partial charge in [0.1, 0.15) is 5.78 Å². The van der Waals surface area contributed by atoms with E-state index in [1.165, 1.54) is 44.9 Å². The highest BCUT2D eigenvalue weighted by atomic mass is 16.1. The Labute approximate surface area is 74.5 Å². The van der Waals surface area contributed by atoms with Gasteiger partial charge in [-0.3, -0.25) is 4.79 Å². The number of ketones is 1. The topological polar surface area (TPSA) is 17.1 Å². The number of carbonyl (C=O) groups is 1. The van der Waals surface area contributed by atoms with Crippen LogP contribution < -0.4 is 0 Å². The summed E-state index contributed by atoms with van der Waals surface area (Å²) in [6, 6.07) is 0. The second-order valence-electron chi connectivity index (χ2n) is 4.36. The van der Waals surface area contributed by atoms with Gasteiger partial charge in [-0.2, -0.15) is 0 Å². The van der Waals surface area contributed by atoms with Crippen LogP contribution in [-0.4, -0.2) is 5.78 Å². The summed E-state index contributed by atoms with van der Waals surface area (Å²) in [5.41, 5.74) is 0. The Hall–Kier alpha value is -0.330. The molecule has 0 aliphatic heterocycles. The van der Waals surface area contributed by atoms with Crippen molar-refractivity contribution in [1.29, 1.82) is 0 Å². The number of Topliss-reactive ketones (excluding diaryl/α,β-unsaturated/α-hetero) is 1. The van der Waals surface area contributed by atoms with Gasteiger partial charge in [0.2, 0.25) is 0 Å². The van der Waals surface area contributed by atoms with Gasteiger partial charge >= 0.3 is 0 Å². The monoisotopic (exact) mass is 166 g/mol. The molecule has 0 aromatic heterocycles. The molecule has 0 radical (unpaired) electrons. The summed E-state index contributed by atoms with van der Waals surface area (Å²) in [4.78, 5) is 11.6. The van der Waals surface area contributed by atoms with E-state index in [1.807, 2.05) is 0 Å². The number of rotatable bonds is 0. The van der Waals surface area contributed by atoms with Crippen LogP contribution in [-0.2, 0) is 4.79 Å². The van der Waals surface area contributed by atoms with Crippen LogP contribution in [0.15, 0.2) is 0 Å². The minimum absolute atomic E-state index is 0.473. The molecule has 0 bridgehead atoms. The molecular formula is C11H18O. The Morgan fingerprint density at radius 3 is 2.58 bits per heavy atom. The molecular weight excluding hydrogens is 148 g/mol. The summed E-state index contributed by atoms with van der Waals surface area (Å²) >= 11 is 0. The summed E-state index contributed by atoms with van der Waals surface area (Å²) in [5, 5.41) is 0. The minimum atomic E-state index is 0.473. The fraction of sp³-hybridized carbons (Fsp3) is 0.909. The van der Waals surface area contributed by atoms with Gasteiger partial charge in [-0.25, -0.2) is 0 Å². The summed E-state index contributed by atoms with van der Waals surface area (Å²) < 4.78 is 0. The van der Waals surface area contributed by atoms with Gasteiger partial charge in [-0.05, 0) is 31.6 Å². The molecule has 0 N–H and O–H groups in total. The van der Waals surface area contributed by atoms with Crippen molar-refractivity contribution in [3.63, 3.8) is 0 Å². The number of fused-ring (bicyclic) bond motifs is 1. The van der Waals surface area contributed by atoms with E-state index in [1.54, 1.807) is 0 Å². The largest absolute Gasteiger partial charge is 0.299 e. The summed E-state index contributed by atoms with van der Waals surface area (Å²) in [6.07, 6.45) is 9.93. The molecule has 0 aromatic rings. The third-order valence-corrected chi connectivity index (χ3v) is 3.57. The maximum absolute atomic E-state index is 11.6. The maximum Gasteiger partial charge on any atom is 0.136 e. The van der Waals surface area contributed by atoms with Crippen LogP contribution in [0, 0.1) is 11.8 Å². The van der Waals surface area contributed by atoms with Gasteiger partial charge in [0.05, 0.1) is 0 Å². The molecule has 2 aliphatic carbocycles. The van der Waals surface area contributed by atoms with Crippen molar-refractivity contribution in [3.05, 3.63) is 0 Å². The Morgan fingerprint density at radius 2 is 1.67 bits per heavy atom. The van der Waals surface area contributed by atoms with E-state index in [9.17, 15) is 4.79 Å². The van der Waals surface area contributed by atoms with Gasteiger partial charge in [-0.1, -0.05) is 19.3 Å². The lowest BCUT2D eigenvalue weighted by Crippen LogP contribution is -2.27. The first-order valence-corrected chi connectivity index (χ1v) is 5.40. The van der Waals surface area contributed by atoms with Gasteiger partial charge in [-0.15, -0.1) is 0 Å². The van der Waals surface area contributed by atoms with E-state index in [2.05, 4.69) is 0 Å². The van der Waals surface area contributed by atoms with Crippen LogP contribution in [0.5, 0.6) is 0 Å². The van der Waals surface area contributed by atoms with E-state index < -0.39 is 0 Å². The molecule has 2 fully saturated rings. The lowest BCUT2D eigenvalue weighted by Gasteiger charge is -2.28. The Bertz CT molecular complexity index is 174. The van der Waals surface area contributed by atoms with Crippen LogP contribution in [0.25, 0.3) is 0 Å². The molecule has 2 aliphatic rings. The maximum atomic E-state index is 11.6. The van der Waals surface area contributed by atoms with E-state index in [4.69, 9.17) is 0 Å². The SMILES string of the molecule is O=C1CCCC2CCCCCC12. The molecule has 1 heteroatoms. The Balaban J connectivity index is 2.05. The molecule has 0 spiro atoms. The highest BCUT2D eigenvalue weighted by Crippen LogP contribution is 2.37. The molecule has 0 saturated heterocycles. The molecule has 68 valence electrons. The van der Waals surface area contributed by atoms with Crippen molar-refractivity contribution in [2.75, 3.05) is 0 Å². The molecule has 2 unspecified atom stereocenters. The summed E-state index contributed by atoms with van der Waals surface area (Å²) in [6.45, 7) is 0. The van der Waals surface area contributed by atoms with Gasteiger partial charge < -0.3 is 0 Å². The van der Waals surface area contributed by atoms with Crippen molar-refractivity contribution in [3.8, 4) is 0 Å². The van der Waals surface area contributed by atoms with Gasteiger partial charge in [0.25, 0.3) is 0 Å². The van der Waals surface area contributed by atoms with E-state index in [-0.39, 0.29) is 0 Å². The molecule has 0 heterocycles. The van der Waals surface area contributed by atoms with Crippen molar-refractivity contribution < 1.29 is 4.79 Å². The number of hydrogen-bond donors (Lipinski definition) is 0. The Kier molecular flexibility index (Phi) is 2.48. The second-order valence-corrected chi connectivity index (χ2v) is 4.36. The fourth-order valence-corrected chi connectivity index (χ4v) is 2.88. The molecule has 1 nitrogen and oxygen atoms in total. The van der Waals surface area contributed by atoms with E-state index in [0.29, 0.717) is 11.7 Å². The smallest absolute Gasteiger partial charge is 0.136 e. The van der Waals surface area contributed by atoms with Crippen molar-refractivity contribution in [1.82, 2.24) is 0 Å².